The maximum atomic E-state index is 11.6. The molecular weight excluding hydrogens is 635 g/mol. The molecule has 218 valence electrons. The van der Waals surface area contributed by atoms with E-state index in [2.05, 4.69) is 88.4 Å². The standard InChI is InChI=1S/C36H38N2O3.HI/c1-41-27-16-14-26(15-17-27)38-31-11-7-8-28(31)29-24-25(12-18-32(29)38)13-19-34-36(21-5-2-6-22-36)30-9-3-4-10-33(30)37(34)23-20-35(39)40;/h3-4,9-10,12-19,24,28,31H,2,5-8,11,20-23H2,1H3;1H. The topological polar surface area (TPSA) is 52.8 Å². The number of nitrogens with zero attached hydrogens (tertiary/aromatic N) is 2. The maximum Gasteiger partial charge on any atom is 0.309 e. The van der Waals surface area contributed by atoms with Crippen LogP contribution >= 0.6 is 0 Å². The fourth-order valence-corrected chi connectivity index (χ4v) is 8.25. The van der Waals surface area contributed by atoms with Gasteiger partial charge >= 0.3 is 5.97 Å². The Hall–Kier alpha value is -3.13. The number of hydrogen-bond acceptors (Lipinski definition) is 3. The van der Waals surface area contributed by atoms with Crippen LogP contribution in [0.1, 0.15) is 80.4 Å². The third-order valence-electron chi connectivity index (χ3n) is 10.1. The van der Waals surface area contributed by atoms with Crippen molar-refractivity contribution in [2.45, 2.75) is 75.2 Å². The molecule has 6 heteroatoms. The van der Waals surface area contributed by atoms with Crippen molar-refractivity contribution in [2.75, 3.05) is 18.6 Å². The number of ether oxygens (including phenoxy) is 1. The number of carboxylic acid groups (broad SMARTS) is 1. The molecule has 2 saturated carbocycles. The summed E-state index contributed by atoms with van der Waals surface area (Å²) in [4.78, 5) is 14.2. The van der Waals surface area contributed by atoms with E-state index in [1.54, 1.807) is 7.11 Å². The second-order valence-electron chi connectivity index (χ2n) is 12.2. The number of anilines is 2. The summed E-state index contributed by atoms with van der Waals surface area (Å²) < 4.78 is 7.71. The second kappa shape index (κ2) is 11.9. The average molecular weight is 675 g/mol. The van der Waals surface area contributed by atoms with Crippen LogP contribution in [0.15, 0.2) is 72.8 Å². The van der Waals surface area contributed by atoms with Crippen molar-refractivity contribution in [1.82, 2.24) is 0 Å². The summed E-state index contributed by atoms with van der Waals surface area (Å²) in [5, 5.41) is 9.55. The number of halogens is 1. The lowest BCUT2D eigenvalue weighted by Gasteiger charge is -2.31. The van der Waals surface area contributed by atoms with E-state index in [-0.39, 0.29) is 35.8 Å². The van der Waals surface area contributed by atoms with Gasteiger partial charge in [-0.1, -0.05) is 49.9 Å². The highest BCUT2D eigenvalue weighted by molar-refractivity contribution is 6.06. The van der Waals surface area contributed by atoms with Gasteiger partial charge < -0.3 is 38.7 Å². The Morgan fingerprint density at radius 2 is 1.79 bits per heavy atom. The molecule has 0 aromatic heterocycles. The third-order valence-corrected chi connectivity index (χ3v) is 10.1. The number of aliphatic carboxylic acids is 1. The first-order valence-electron chi connectivity index (χ1n) is 15.3. The summed E-state index contributed by atoms with van der Waals surface area (Å²) in [5.74, 6) is 0.693. The van der Waals surface area contributed by atoms with Gasteiger partial charge in [-0.15, -0.1) is 0 Å². The van der Waals surface area contributed by atoms with Crippen molar-refractivity contribution < 1.29 is 43.2 Å². The number of methoxy groups -OCH3 is 1. The van der Waals surface area contributed by atoms with E-state index in [1.165, 1.54) is 78.0 Å². The lowest BCUT2D eigenvalue weighted by atomic mass is 9.67. The van der Waals surface area contributed by atoms with Crippen LogP contribution in [0, 0.1) is 0 Å². The van der Waals surface area contributed by atoms with Crippen molar-refractivity contribution in [1.29, 1.82) is 0 Å². The number of hydrogen-bond donors (Lipinski definition) is 1. The first kappa shape index (κ1) is 29.0. The number of fused-ring (bicyclic) bond motifs is 5. The molecular formula is C36H39IN2O3. The molecule has 1 N–H and O–H groups in total. The van der Waals surface area contributed by atoms with Crippen molar-refractivity contribution in [2.24, 2.45) is 0 Å². The van der Waals surface area contributed by atoms with Crippen LogP contribution in [-0.4, -0.2) is 41.1 Å². The van der Waals surface area contributed by atoms with Crippen LogP contribution < -0.4 is 33.6 Å². The predicted octanol–water partition coefficient (Wildman–Crippen LogP) is 4.98. The van der Waals surface area contributed by atoms with E-state index in [9.17, 15) is 9.90 Å². The Bertz CT molecular complexity index is 1540. The van der Waals surface area contributed by atoms with Gasteiger partial charge in [0.2, 0.25) is 5.69 Å². The minimum absolute atomic E-state index is 0. The van der Waals surface area contributed by atoms with E-state index in [0.717, 1.165) is 18.6 Å². The van der Waals surface area contributed by atoms with E-state index < -0.39 is 5.97 Å². The van der Waals surface area contributed by atoms with Crippen molar-refractivity contribution >= 4 is 34.8 Å². The second-order valence-corrected chi connectivity index (χ2v) is 12.2. The summed E-state index contributed by atoms with van der Waals surface area (Å²) in [6.07, 6.45) is 14.4. The molecule has 0 amide bonds. The Balaban J connectivity index is 0.00000316. The van der Waals surface area contributed by atoms with E-state index in [4.69, 9.17) is 4.74 Å². The molecule has 2 heterocycles. The van der Waals surface area contributed by atoms with Gasteiger partial charge in [-0.2, -0.15) is 4.58 Å². The van der Waals surface area contributed by atoms with Crippen molar-refractivity contribution in [3.63, 3.8) is 0 Å². The van der Waals surface area contributed by atoms with E-state index >= 15 is 0 Å². The average Bonchev–Trinajstić information content (AvgIpc) is 3.66. The SMILES string of the molecule is COc1ccc(N2c3ccc(/C=C/C4=[N+](CCC(=O)O)c5ccccc5C45CCCCC5)cc3C3CCCC32)cc1.[I-]. The molecule has 2 unspecified atom stereocenters. The molecule has 2 aliphatic heterocycles. The zero-order chi connectivity index (χ0) is 28.0. The molecule has 5 nitrogen and oxygen atoms in total. The highest BCUT2D eigenvalue weighted by Gasteiger charge is 2.51. The highest BCUT2D eigenvalue weighted by Crippen LogP contribution is 2.53. The first-order chi connectivity index (χ1) is 20.1. The van der Waals surface area contributed by atoms with E-state index in [1.807, 2.05) is 0 Å². The number of carboxylic acids is 1. The molecule has 42 heavy (non-hydrogen) atoms. The van der Waals surface area contributed by atoms with Crippen molar-refractivity contribution in [3.05, 3.63) is 89.5 Å². The van der Waals surface area contributed by atoms with Crippen LogP contribution in [0.25, 0.3) is 6.08 Å². The Kier molecular flexibility index (Phi) is 8.18. The van der Waals surface area contributed by atoms with Gasteiger partial charge in [-0.25, -0.2) is 0 Å². The van der Waals surface area contributed by atoms with Crippen molar-refractivity contribution in [3.8, 4) is 5.75 Å². The van der Waals surface area contributed by atoms with Crippen LogP contribution in [0.2, 0.25) is 0 Å². The van der Waals surface area contributed by atoms with Gasteiger partial charge in [0, 0.05) is 41.0 Å². The van der Waals surface area contributed by atoms with Gasteiger partial charge in [-0.05, 0) is 79.3 Å². The summed E-state index contributed by atoms with van der Waals surface area (Å²) in [7, 11) is 1.71. The molecule has 3 aromatic rings. The third kappa shape index (κ3) is 4.85. The minimum atomic E-state index is -0.749. The zero-order valence-corrected chi connectivity index (χ0v) is 26.4. The summed E-state index contributed by atoms with van der Waals surface area (Å²) >= 11 is 0. The molecule has 3 aromatic carbocycles. The molecule has 2 atom stereocenters. The monoisotopic (exact) mass is 674 g/mol. The van der Waals surface area contributed by atoms with Gasteiger partial charge in [0.1, 0.15) is 12.2 Å². The summed E-state index contributed by atoms with van der Waals surface area (Å²) in [6.45, 7) is 0.499. The molecule has 4 aliphatic rings. The minimum Gasteiger partial charge on any atom is -1.00 e. The fraction of sp³-hybridized carbons (Fsp3) is 0.389. The molecule has 0 saturated heterocycles. The number of rotatable bonds is 7. The summed E-state index contributed by atoms with van der Waals surface area (Å²) in [5.41, 5.74) is 9.06. The lowest BCUT2D eigenvalue weighted by molar-refractivity contribution is -0.436. The van der Waals surface area contributed by atoms with E-state index in [0.29, 0.717) is 18.5 Å². The van der Waals surface area contributed by atoms with Gasteiger partial charge in [0.25, 0.3) is 0 Å². The molecule has 2 aliphatic carbocycles. The largest absolute Gasteiger partial charge is 1.00 e. The lowest BCUT2D eigenvalue weighted by Crippen LogP contribution is -3.00. The normalized spacial score (nSPS) is 21.8. The quantitative estimate of drug-likeness (QED) is 0.284. The zero-order valence-electron chi connectivity index (χ0n) is 24.3. The predicted molar refractivity (Wildman–Crippen MR) is 164 cm³/mol. The molecule has 0 bridgehead atoms. The Labute approximate surface area is 265 Å². The smallest absolute Gasteiger partial charge is 0.309 e. The molecule has 2 fully saturated rings. The van der Waals surface area contributed by atoms with Gasteiger partial charge in [0.15, 0.2) is 12.3 Å². The highest BCUT2D eigenvalue weighted by atomic mass is 127. The number of para-hydroxylation sites is 1. The Morgan fingerprint density at radius 3 is 2.55 bits per heavy atom. The number of benzene rings is 3. The Morgan fingerprint density at radius 1 is 1.00 bits per heavy atom. The molecule has 0 radical (unpaired) electrons. The van der Waals surface area contributed by atoms with Crippen LogP contribution in [-0.2, 0) is 10.2 Å². The van der Waals surface area contributed by atoms with Gasteiger partial charge in [0.05, 0.1) is 12.5 Å². The van der Waals surface area contributed by atoms with Crippen LogP contribution in [0.4, 0.5) is 17.1 Å². The fourth-order valence-electron chi connectivity index (χ4n) is 8.25. The van der Waals surface area contributed by atoms with Gasteiger partial charge in [-0.3, -0.25) is 4.79 Å². The molecule has 1 spiro atoms. The number of carbonyl (C=O) groups is 1. The summed E-state index contributed by atoms with van der Waals surface area (Å²) in [6, 6.07) is 24.6. The maximum absolute atomic E-state index is 11.6. The van der Waals surface area contributed by atoms with Crippen LogP contribution in [0.5, 0.6) is 5.75 Å². The molecule has 7 rings (SSSR count). The van der Waals surface area contributed by atoms with Crippen LogP contribution in [0.3, 0.4) is 0 Å². The first-order valence-corrected chi connectivity index (χ1v) is 15.3. The number of allylic oxidation sites excluding steroid dienone is 1.